The minimum Gasteiger partial charge on any atom is -0.216 e. The van der Waals surface area contributed by atoms with Crippen LogP contribution in [0.25, 0.3) is 0 Å². The molecular weight excluding hydrogens is 254 g/mol. The lowest BCUT2D eigenvalue weighted by Gasteiger charge is -2.05. The minimum atomic E-state index is -3.61. The fourth-order valence-electron chi connectivity index (χ4n) is 1.63. The SMILES string of the molecule is Cc1ccc(CCCCNS(N)(=O)=O)c(N=O)c1. The lowest BCUT2D eigenvalue weighted by atomic mass is 10.0. The summed E-state index contributed by atoms with van der Waals surface area (Å²) in [7, 11) is -3.61. The van der Waals surface area contributed by atoms with Crippen molar-refractivity contribution in [2.24, 2.45) is 10.3 Å². The van der Waals surface area contributed by atoms with Crippen LogP contribution >= 0.6 is 0 Å². The van der Waals surface area contributed by atoms with Crippen LogP contribution in [0.1, 0.15) is 24.0 Å². The molecule has 0 aliphatic heterocycles. The first-order chi connectivity index (χ1) is 8.42. The van der Waals surface area contributed by atoms with E-state index in [1.165, 1.54) is 0 Å². The van der Waals surface area contributed by atoms with Crippen molar-refractivity contribution in [3.63, 3.8) is 0 Å². The first-order valence-electron chi connectivity index (χ1n) is 5.62. The molecule has 1 aromatic carbocycles. The van der Waals surface area contributed by atoms with Gasteiger partial charge in [-0.05, 0) is 48.6 Å². The van der Waals surface area contributed by atoms with E-state index in [0.29, 0.717) is 25.1 Å². The number of hydrogen-bond acceptors (Lipinski definition) is 4. The Hall–Kier alpha value is -1.31. The highest BCUT2D eigenvalue weighted by Gasteiger charge is 2.04. The van der Waals surface area contributed by atoms with Crippen molar-refractivity contribution in [2.45, 2.75) is 26.2 Å². The van der Waals surface area contributed by atoms with Gasteiger partial charge in [0.2, 0.25) is 0 Å². The number of nitrogens with one attached hydrogen (secondary N) is 1. The van der Waals surface area contributed by atoms with Gasteiger partial charge in [0.15, 0.2) is 0 Å². The first kappa shape index (κ1) is 14.7. The van der Waals surface area contributed by atoms with E-state index in [1.807, 2.05) is 19.1 Å². The summed E-state index contributed by atoms with van der Waals surface area (Å²) in [4.78, 5) is 10.6. The van der Waals surface area contributed by atoms with Crippen LogP contribution in [0, 0.1) is 11.8 Å². The van der Waals surface area contributed by atoms with Crippen molar-refractivity contribution < 1.29 is 8.42 Å². The quantitative estimate of drug-likeness (QED) is 0.580. The third kappa shape index (κ3) is 5.35. The van der Waals surface area contributed by atoms with Gasteiger partial charge < -0.3 is 0 Å². The van der Waals surface area contributed by atoms with Crippen LogP contribution in [0.15, 0.2) is 23.4 Å². The van der Waals surface area contributed by atoms with Gasteiger partial charge in [-0.15, -0.1) is 4.91 Å². The third-order valence-electron chi connectivity index (χ3n) is 2.52. The van der Waals surface area contributed by atoms with E-state index in [9.17, 15) is 13.3 Å². The van der Waals surface area contributed by atoms with Crippen molar-refractivity contribution in [2.75, 3.05) is 6.54 Å². The van der Waals surface area contributed by atoms with Gasteiger partial charge in [-0.2, -0.15) is 8.42 Å². The molecule has 100 valence electrons. The molecule has 1 aromatic rings. The predicted molar refractivity (Wildman–Crippen MR) is 70.7 cm³/mol. The number of benzene rings is 1. The summed E-state index contributed by atoms with van der Waals surface area (Å²) in [5.74, 6) is 0. The Bertz CT molecular complexity index is 514. The van der Waals surface area contributed by atoms with Crippen LogP contribution in [-0.4, -0.2) is 15.0 Å². The molecule has 0 saturated carbocycles. The number of nitrogens with zero attached hydrogens (tertiary/aromatic N) is 1. The summed E-state index contributed by atoms with van der Waals surface area (Å²) in [6, 6.07) is 5.54. The van der Waals surface area contributed by atoms with E-state index in [1.54, 1.807) is 6.07 Å². The number of nitroso groups, excluding NO2 is 1. The second kappa shape index (κ2) is 6.58. The Kier molecular flexibility index (Phi) is 5.39. The number of unbranched alkanes of at least 4 members (excludes halogenated alkanes) is 1. The van der Waals surface area contributed by atoms with Gasteiger partial charge in [0.05, 0.1) is 0 Å². The van der Waals surface area contributed by atoms with Crippen LogP contribution in [0.4, 0.5) is 5.69 Å². The van der Waals surface area contributed by atoms with Gasteiger partial charge in [-0.1, -0.05) is 12.1 Å². The Balaban J connectivity index is 2.42. The maximum Gasteiger partial charge on any atom is 0.274 e. The van der Waals surface area contributed by atoms with Crippen LogP contribution in [0.2, 0.25) is 0 Å². The van der Waals surface area contributed by atoms with Gasteiger partial charge in [-0.3, -0.25) is 0 Å². The Morgan fingerprint density at radius 3 is 2.67 bits per heavy atom. The van der Waals surface area contributed by atoms with Crippen molar-refractivity contribution in [3.05, 3.63) is 34.2 Å². The normalized spacial score (nSPS) is 11.4. The summed E-state index contributed by atoms with van der Waals surface area (Å²) in [5.41, 5.74) is 2.32. The molecule has 0 heterocycles. The number of aryl methyl sites for hydroxylation is 2. The van der Waals surface area contributed by atoms with Crippen LogP contribution in [-0.2, 0) is 16.6 Å². The molecule has 18 heavy (non-hydrogen) atoms. The maximum atomic E-state index is 10.6. The fraction of sp³-hybridized carbons (Fsp3) is 0.455. The van der Waals surface area contributed by atoms with Gasteiger partial charge in [0.1, 0.15) is 5.69 Å². The van der Waals surface area contributed by atoms with E-state index in [2.05, 4.69) is 9.90 Å². The molecule has 1 rings (SSSR count). The second-order valence-electron chi connectivity index (χ2n) is 4.12. The number of hydrogen-bond donors (Lipinski definition) is 2. The van der Waals surface area contributed by atoms with Crippen molar-refractivity contribution >= 4 is 15.9 Å². The zero-order valence-electron chi connectivity index (χ0n) is 10.2. The van der Waals surface area contributed by atoms with Crippen LogP contribution in [0.5, 0.6) is 0 Å². The highest BCUT2D eigenvalue weighted by atomic mass is 32.2. The van der Waals surface area contributed by atoms with Gasteiger partial charge in [0.25, 0.3) is 10.2 Å². The van der Waals surface area contributed by atoms with E-state index in [-0.39, 0.29) is 0 Å². The molecule has 0 aliphatic carbocycles. The van der Waals surface area contributed by atoms with Crippen LogP contribution in [0.3, 0.4) is 0 Å². The topological polar surface area (TPSA) is 102 Å². The molecule has 3 N–H and O–H groups in total. The number of rotatable bonds is 7. The molecular formula is C11H17N3O3S. The zero-order chi connectivity index (χ0) is 13.6. The molecule has 0 aromatic heterocycles. The smallest absolute Gasteiger partial charge is 0.216 e. The average molecular weight is 271 g/mol. The summed E-state index contributed by atoms with van der Waals surface area (Å²) in [6.07, 6.45) is 2.10. The molecule has 0 atom stereocenters. The lowest BCUT2D eigenvalue weighted by molar-refractivity contribution is 0.578. The van der Waals surface area contributed by atoms with Crippen molar-refractivity contribution in [1.82, 2.24) is 4.72 Å². The maximum absolute atomic E-state index is 10.6. The molecule has 0 radical (unpaired) electrons. The van der Waals surface area contributed by atoms with Crippen molar-refractivity contribution in [1.29, 1.82) is 0 Å². The second-order valence-corrected chi connectivity index (χ2v) is 5.50. The Labute approximate surface area is 107 Å². The van der Waals surface area contributed by atoms with Gasteiger partial charge in [0, 0.05) is 6.54 Å². The molecule has 0 amide bonds. The Morgan fingerprint density at radius 1 is 1.33 bits per heavy atom. The van der Waals surface area contributed by atoms with Gasteiger partial charge in [-0.25, -0.2) is 9.86 Å². The highest BCUT2D eigenvalue weighted by Crippen LogP contribution is 2.22. The van der Waals surface area contributed by atoms with E-state index in [0.717, 1.165) is 17.5 Å². The molecule has 0 unspecified atom stereocenters. The summed E-state index contributed by atoms with van der Waals surface area (Å²) < 4.78 is 23.4. The standard InChI is InChI=1S/C11H17N3O3S/c1-9-5-6-10(11(8-9)14-15)4-2-3-7-13-18(12,16)17/h5-6,8,13H,2-4,7H2,1H3,(H2,12,16,17). The van der Waals surface area contributed by atoms with Crippen molar-refractivity contribution in [3.8, 4) is 0 Å². The summed E-state index contributed by atoms with van der Waals surface area (Å²) in [6.45, 7) is 2.20. The number of nitrogens with two attached hydrogens (primary N) is 1. The third-order valence-corrected chi connectivity index (χ3v) is 3.12. The monoisotopic (exact) mass is 271 g/mol. The van der Waals surface area contributed by atoms with E-state index >= 15 is 0 Å². The van der Waals surface area contributed by atoms with Gasteiger partial charge >= 0.3 is 0 Å². The zero-order valence-corrected chi connectivity index (χ0v) is 11.0. The largest absolute Gasteiger partial charge is 0.274 e. The average Bonchev–Trinajstić information content (AvgIpc) is 2.28. The molecule has 0 saturated heterocycles. The molecule has 0 aliphatic rings. The molecule has 6 nitrogen and oxygen atoms in total. The summed E-state index contributed by atoms with van der Waals surface area (Å²) >= 11 is 0. The van der Waals surface area contributed by atoms with E-state index in [4.69, 9.17) is 5.14 Å². The van der Waals surface area contributed by atoms with Crippen LogP contribution < -0.4 is 9.86 Å². The molecule has 0 fully saturated rings. The molecule has 0 spiro atoms. The Morgan fingerprint density at radius 2 is 2.06 bits per heavy atom. The first-order valence-corrected chi connectivity index (χ1v) is 7.17. The lowest BCUT2D eigenvalue weighted by Crippen LogP contribution is -2.31. The predicted octanol–water partition coefficient (Wildman–Crippen LogP) is 1.51. The highest BCUT2D eigenvalue weighted by molar-refractivity contribution is 7.87. The summed E-state index contributed by atoms with van der Waals surface area (Å²) in [5, 5.41) is 7.78. The fourth-order valence-corrected chi connectivity index (χ4v) is 2.05. The minimum absolute atomic E-state index is 0.300. The molecule has 0 bridgehead atoms. The van der Waals surface area contributed by atoms with E-state index < -0.39 is 10.2 Å². The molecule has 7 heteroatoms.